The first-order valence-electron chi connectivity index (χ1n) is 5.20. The number of likely N-dealkylation sites (tertiary alicyclic amines) is 1. The van der Waals surface area contributed by atoms with Gasteiger partial charge < -0.3 is 10.0 Å². The van der Waals surface area contributed by atoms with E-state index in [1.807, 2.05) is 19.1 Å². The van der Waals surface area contributed by atoms with E-state index in [-0.39, 0.29) is 12.0 Å². The smallest absolute Gasteiger partial charge is 0.264 e. The number of aryl methyl sites for hydroxylation is 1. The summed E-state index contributed by atoms with van der Waals surface area (Å²) in [6.07, 6.45) is 1.37. The van der Waals surface area contributed by atoms with Gasteiger partial charge in [0.1, 0.15) is 0 Å². The third kappa shape index (κ3) is 2.38. The van der Waals surface area contributed by atoms with Crippen molar-refractivity contribution in [1.82, 2.24) is 4.90 Å². The second kappa shape index (κ2) is 4.33. The van der Waals surface area contributed by atoms with E-state index in [0.717, 1.165) is 29.1 Å². The van der Waals surface area contributed by atoms with Crippen molar-refractivity contribution in [3.8, 4) is 0 Å². The molecule has 0 aromatic carbocycles. The van der Waals surface area contributed by atoms with Crippen molar-refractivity contribution in [2.75, 3.05) is 13.1 Å². The fourth-order valence-electron chi connectivity index (χ4n) is 1.84. The molecule has 0 aliphatic carbocycles. The number of β-amino-alcohol motifs (C(OH)–C–C–N with tert-alkyl or cyclic N) is 1. The zero-order valence-corrected chi connectivity index (χ0v) is 9.59. The Morgan fingerprint density at radius 1 is 1.60 bits per heavy atom. The molecule has 1 N–H and O–H groups in total. The SMILES string of the molecule is Cc1ccc(C(=O)N2CCC[C@H](O)C2)s1. The number of amides is 1. The summed E-state index contributed by atoms with van der Waals surface area (Å²) in [4.78, 5) is 15.7. The molecule has 4 heteroatoms. The number of hydrogen-bond donors (Lipinski definition) is 1. The van der Waals surface area contributed by atoms with Crippen LogP contribution in [0.15, 0.2) is 12.1 Å². The fraction of sp³-hybridized carbons (Fsp3) is 0.545. The third-order valence-corrected chi connectivity index (χ3v) is 3.62. The Hall–Kier alpha value is -0.870. The van der Waals surface area contributed by atoms with Crippen molar-refractivity contribution >= 4 is 17.2 Å². The molecule has 1 aromatic rings. The highest BCUT2D eigenvalue weighted by Crippen LogP contribution is 2.19. The largest absolute Gasteiger partial charge is 0.391 e. The summed E-state index contributed by atoms with van der Waals surface area (Å²) in [6, 6.07) is 3.82. The van der Waals surface area contributed by atoms with E-state index in [9.17, 15) is 9.90 Å². The summed E-state index contributed by atoms with van der Waals surface area (Å²) >= 11 is 1.52. The molecule has 0 radical (unpaired) electrons. The van der Waals surface area contributed by atoms with Crippen LogP contribution >= 0.6 is 11.3 Å². The molecular formula is C11H15NO2S. The minimum absolute atomic E-state index is 0.0619. The van der Waals surface area contributed by atoms with Crippen LogP contribution in [0.4, 0.5) is 0 Å². The molecule has 0 saturated carbocycles. The molecule has 2 rings (SSSR count). The Labute approximate surface area is 93.3 Å². The van der Waals surface area contributed by atoms with E-state index in [4.69, 9.17) is 0 Å². The molecular weight excluding hydrogens is 210 g/mol. The predicted octanol–water partition coefficient (Wildman–Crippen LogP) is 1.65. The summed E-state index contributed by atoms with van der Waals surface area (Å²) in [5.74, 6) is 0.0619. The Morgan fingerprint density at radius 3 is 3.00 bits per heavy atom. The molecule has 82 valence electrons. The Morgan fingerprint density at radius 2 is 2.40 bits per heavy atom. The van der Waals surface area contributed by atoms with Crippen molar-refractivity contribution in [2.45, 2.75) is 25.9 Å². The number of carbonyl (C=O) groups is 1. The van der Waals surface area contributed by atoms with Crippen LogP contribution in [-0.4, -0.2) is 35.1 Å². The van der Waals surface area contributed by atoms with Crippen molar-refractivity contribution in [2.24, 2.45) is 0 Å². The summed E-state index contributed by atoms with van der Waals surface area (Å²) in [5.41, 5.74) is 0. The molecule has 1 amide bonds. The predicted molar refractivity (Wildman–Crippen MR) is 60.2 cm³/mol. The maximum atomic E-state index is 12.0. The fourth-order valence-corrected chi connectivity index (χ4v) is 2.68. The summed E-state index contributed by atoms with van der Waals surface area (Å²) < 4.78 is 0. The lowest BCUT2D eigenvalue weighted by Gasteiger charge is -2.29. The molecule has 0 unspecified atom stereocenters. The molecule has 3 nitrogen and oxygen atoms in total. The van der Waals surface area contributed by atoms with Gasteiger partial charge in [0.05, 0.1) is 11.0 Å². The molecule has 1 aliphatic heterocycles. The Balaban J connectivity index is 2.07. The normalized spacial score (nSPS) is 21.7. The van der Waals surface area contributed by atoms with E-state index in [0.29, 0.717) is 6.54 Å². The minimum atomic E-state index is -0.344. The van der Waals surface area contributed by atoms with Crippen molar-refractivity contribution < 1.29 is 9.90 Å². The van der Waals surface area contributed by atoms with Gasteiger partial charge in [-0.1, -0.05) is 0 Å². The van der Waals surface area contributed by atoms with Crippen LogP contribution < -0.4 is 0 Å². The maximum absolute atomic E-state index is 12.0. The lowest BCUT2D eigenvalue weighted by atomic mass is 10.1. The van der Waals surface area contributed by atoms with Gasteiger partial charge in [-0.05, 0) is 31.9 Å². The first-order chi connectivity index (χ1) is 7.16. The van der Waals surface area contributed by atoms with Crippen molar-refractivity contribution in [1.29, 1.82) is 0 Å². The van der Waals surface area contributed by atoms with E-state index in [2.05, 4.69) is 0 Å². The van der Waals surface area contributed by atoms with Gasteiger partial charge in [0.25, 0.3) is 5.91 Å². The first kappa shape index (κ1) is 10.6. The van der Waals surface area contributed by atoms with E-state index in [1.54, 1.807) is 4.90 Å². The average molecular weight is 225 g/mol. The second-order valence-corrected chi connectivity index (χ2v) is 5.25. The van der Waals surface area contributed by atoms with Gasteiger partial charge in [0.2, 0.25) is 0 Å². The van der Waals surface area contributed by atoms with Gasteiger partial charge in [-0.3, -0.25) is 4.79 Å². The highest BCUT2D eigenvalue weighted by atomic mass is 32.1. The van der Waals surface area contributed by atoms with Gasteiger partial charge >= 0.3 is 0 Å². The van der Waals surface area contributed by atoms with E-state index in [1.165, 1.54) is 11.3 Å². The van der Waals surface area contributed by atoms with Crippen molar-refractivity contribution in [3.63, 3.8) is 0 Å². The van der Waals surface area contributed by atoms with Crippen LogP contribution in [0.1, 0.15) is 27.4 Å². The molecule has 15 heavy (non-hydrogen) atoms. The standard InChI is InChI=1S/C11H15NO2S/c1-8-4-5-10(15-8)11(14)12-6-2-3-9(13)7-12/h4-5,9,13H,2-3,6-7H2,1H3/t9-/m0/s1. The van der Waals surface area contributed by atoms with Crippen LogP contribution in [-0.2, 0) is 0 Å². The second-order valence-electron chi connectivity index (χ2n) is 3.96. The van der Waals surface area contributed by atoms with Crippen molar-refractivity contribution in [3.05, 3.63) is 21.9 Å². The molecule has 1 aliphatic rings. The number of thiophene rings is 1. The molecule has 0 bridgehead atoms. The molecule has 1 saturated heterocycles. The van der Waals surface area contributed by atoms with Gasteiger partial charge in [-0.25, -0.2) is 0 Å². The Bertz CT molecular complexity index is 361. The number of aliphatic hydroxyl groups is 1. The molecule has 2 heterocycles. The zero-order chi connectivity index (χ0) is 10.8. The number of hydrogen-bond acceptors (Lipinski definition) is 3. The molecule has 1 aromatic heterocycles. The van der Waals surface area contributed by atoms with Gasteiger partial charge in [-0.15, -0.1) is 11.3 Å². The van der Waals surface area contributed by atoms with Crippen LogP contribution in [0.3, 0.4) is 0 Å². The first-order valence-corrected chi connectivity index (χ1v) is 6.02. The summed E-state index contributed by atoms with van der Waals surface area (Å²) in [5, 5.41) is 9.49. The zero-order valence-electron chi connectivity index (χ0n) is 8.77. The number of rotatable bonds is 1. The average Bonchev–Trinajstić information content (AvgIpc) is 2.64. The van der Waals surface area contributed by atoms with Gasteiger partial charge in [0.15, 0.2) is 0 Å². The molecule has 1 atom stereocenters. The molecule has 0 spiro atoms. The van der Waals surface area contributed by atoms with E-state index >= 15 is 0 Å². The number of piperidine rings is 1. The highest BCUT2D eigenvalue weighted by Gasteiger charge is 2.23. The number of aliphatic hydroxyl groups excluding tert-OH is 1. The monoisotopic (exact) mass is 225 g/mol. The number of nitrogens with zero attached hydrogens (tertiary/aromatic N) is 1. The summed E-state index contributed by atoms with van der Waals surface area (Å²) in [6.45, 7) is 3.25. The highest BCUT2D eigenvalue weighted by molar-refractivity contribution is 7.13. The van der Waals surface area contributed by atoms with E-state index < -0.39 is 0 Å². The quantitative estimate of drug-likeness (QED) is 0.789. The van der Waals surface area contributed by atoms with Crippen LogP contribution in [0.5, 0.6) is 0 Å². The van der Waals surface area contributed by atoms with Gasteiger partial charge in [0, 0.05) is 18.0 Å². The lowest BCUT2D eigenvalue weighted by Crippen LogP contribution is -2.41. The molecule has 1 fully saturated rings. The Kier molecular flexibility index (Phi) is 3.07. The summed E-state index contributed by atoms with van der Waals surface area (Å²) in [7, 11) is 0. The number of carbonyl (C=O) groups excluding carboxylic acids is 1. The van der Waals surface area contributed by atoms with Crippen LogP contribution in [0.2, 0.25) is 0 Å². The van der Waals surface area contributed by atoms with Crippen LogP contribution in [0, 0.1) is 6.92 Å². The topological polar surface area (TPSA) is 40.5 Å². The van der Waals surface area contributed by atoms with Crippen LogP contribution in [0.25, 0.3) is 0 Å². The van der Waals surface area contributed by atoms with Gasteiger partial charge in [-0.2, -0.15) is 0 Å². The third-order valence-electron chi connectivity index (χ3n) is 2.63. The lowest BCUT2D eigenvalue weighted by molar-refractivity contribution is 0.0478. The minimum Gasteiger partial charge on any atom is -0.391 e. The maximum Gasteiger partial charge on any atom is 0.264 e.